The second kappa shape index (κ2) is 6.91. The summed E-state index contributed by atoms with van der Waals surface area (Å²) in [5.41, 5.74) is 0.612. The molecule has 2 aromatic rings. The maximum Gasteiger partial charge on any atom is 0.310 e. The van der Waals surface area contributed by atoms with E-state index in [-0.39, 0.29) is 11.6 Å². The zero-order valence-electron chi connectivity index (χ0n) is 12.9. The number of nitrogens with zero attached hydrogens (tertiary/aromatic N) is 3. The number of hydrogen-bond donors (Lipinski definition) is 2. The lowest BCUT2D eigenvalue weighted by atomic mass is 10.1. The van der Waals surface area contributed by atoms with E-state index < -0.39 is 22.3 Å². The number of amides is 1. The van der Waals surface area contributed by atoms with Crippen molar-refractivity contribution in [3.63, 3.8) is 0 Å². The van der Waals surface area contributed by atoms with Crippen LogP contribution in [0.5, 0.6) is 5.75 Å². The molecule has 0 fully saturated rings. The highest BCUT2D eigenvalue weighted by molar-refractivity contribution is 5.95. The number of nitrogens with one attached hydrogen (secondary N) is 1. The van der Waals surface area contributed by atoms with Gasteiger partial charge in [-0.2, -0.15) is 5.10 Å². The molecular formula is C15H18N4O4. The molecule has 0 aliphatic rings. The summed E-state index contributed by atoms with van der Waals surface area (Å²) in [4.78, 5) is 22.3. The third-order valence-electron chi connectivity index (χ3n) is 3.53. The molecule has 0 bridgehead atoms. The standard InChI is InChI=1S/C15H18N4O4/c1-3-12(11-8-16-18(4-2)9-11)17-15(21)10-5-6-13(19(22)23)14(20)7-10/h5-9,12,20H,3-4H2,1-2H3,(H,17,21)/t12-/m0/s1. The second-order valence-electron chi connectivity index (χ2n) is 5.02. The zero-order valence-corrected chi connectivity index (χ0v) is 12.9. The topological polar surface area (TPSA) is 110 Å². The average molecular weight is 318 g/mol. The van der Waals surface area contributed by atoms with Crippen molar-refractivity contribution in [3.8, 4) is 5.75 Å². The summed E-state index contributed by atoms with van der Waals surface area (Å²) in [6.07, 6.45) is 4.23. The number of nitro groups is 1. The molecule has 2 N–H and O–H groups in total. The Morgan fingerprint density at radius 1 is 1.48 bits per heavy atom. The minimum Gasteiger partial charge on any atom is -0.502 e. The van der Waals surface area contributed by atoms with Crippen molar-refractivity contribution >= 4 is 11.6 Å². The Kier molecular flexibility index (Phi) is 4.95. The number of carbonyl (C=O) groups excluding carboxylic acids is 1. The smallest absolute Gasteiger partial charge is 0.310 e. The highest BCUT2D eigenvalue weighted by Crippen LogP contribution is 2.26. The summed E-state index contributed by atoms with van der Waals surface area (Å²) in [5.74, 6) is -0.944. The first-order chi connectivity index (χ1) is 11.0. The largest absolute Gasteiger partial charge is 0.502 e. The number of phenolic OH excluding ortho intramolecular Hbond substituents is 1. The lowest BCUT2D eigenvalue weighted by molar-refractivity contribution is -0.385. The Morgan fingerprint density at radius 3 is 2.74 bits per heavy atom. The van der Waals surface area contributed by atoms with Crippen LogP contribution < -0.4 is 5.32 Å². The molecule has 23 heavy (non-hydrogen) atoms. The highest BCUT2D eigenvalue weighted by Gasteiger charge is 2.19. The summed E-state index contributed by atoms with van der Waals surface area (Å²) >= 11 is 0. The van der Waals surface area contributed by atoms with E-state index in [9.17, 15) is 20.0 Å². The molecule has 0 saturated heterocycles. The molecule has 1 amide bonds. The predicted octanol–water partition coefficient (Wildman–Crippen LogP) is 2.40. The van der Waals surface area contributed by atoms with Crippen molar-refractivity contribution in [1.82, 2.24) is 15.1 Å². The van der Waals surface area contributed by atoms with Crippen LogP contribution in [0.4, 0.5) is 5.69 Å². The van der Waals surface area contributed by atoms with Gasteiger partial charge in [-0.25, -0.2) is 0 Å². The van der Waals surface area contributed by atoms with Crippen LogP contribution >= 0.6 is 0 Å². The summed E-state index contributed by atoms with van der Waals surface area (Å²) < 4.78 is 1.77. The Balaban J connectivity index is 2.16. The minimum atomic E-state index is -0.703. The van der Waals surface area contributed by atoms with Gasteiger partial charge in [0.25, 0.3) is 5.91 Å². The van der Waals surface area contributed by atoms with E-state index in [0.29, 0.717) is 6.42 Å². The van der Waals surface area contributed by atoms with Crippen molar-refractivity contribution in [3.05, 3.63) is 51.8 Å². The fourth-order valence-corrected chi connectivity index (χ4v) is 2.21. The first kappa shape index (κ1) is 16.5. The molecule has 8 nitrogen and oxygen atoms in total. The number of aromatic nitrogens is 2. The monoisotopic (exact) mass is 318 g/mol. The molecule has 0 aliphatic carbocycles. The number of aryl methyl sites for hydroxylation is 1. The van der Waals surface area contributed by atoms with Gasteiger partial charge in [0.1, 0.15) is 0 Å². The molecule has 0 aliphatic heterocycles. The van der Waals surface area contributed by atoms with E-state index in [4.69, 9.17) is 0 Å². The van der Waals surface area contributed by atoms with Gasteiger partial charge in [-0.3, -0.25) is 19.6 Å². The third kappa shape index (κ3) is 3.65. The molecule has 1 heterocycles. The molecular weight excluding hydrogens is 300 g/mol. The van der Waals surface area contributed by atoms with Crippen LogP contribution in [-0.2, 0) is 6.54 Å². The maximum atomic E-state index is 12.3. The first-order valence-electron chi connectivity index (χ1n) is 7.26. The van der Waals surface area contributed by atoms with E-state index in [1.165, 1.54) is 6.07 Å². The molecule has 0 spiro atoms. The van der Waals surface area contributed by atoms with Gasteiger partial charge >= 0.3 is 5.69 Å². The van der Waals surface area contributed by atoms with Gasteiger partial charge in [0.2, 0.25) is 0 Å². The number of hydrogen-bond acceptors (Lipinski definition) is 5. The van der Waals surface area contributed by atoms with Gasteiger partial charge < -0.3 is 10.4 Å². The molecule has 8 heteroatoms. The number of nitro benzene ring substituents is 1. The average Bonchev–Trinajstić information content (AvgIpc) is 3.00. The summed E-state index contributed by atoms with van der Waals surface area (Å²) in [6.45, 7) is 4.64. The first-order valence-corrected chi connectivity index (χ1v) is 7.26. The van der Waals surface area contributed by atoms with Gasteiger partial charge in [0.05, 0.1) is 17.2 Å². The molecule has 0 saturated carbocycles. The van der Waals surface area contributed by atoms with Crippen LogP contribution in [0, 0.1) is 10.1 Å². The Bertz CT molecular complexity index is 726. The van der Waals surface area contributed by atoms with Gasteiger partial charge in [0.15, 0.2) is 5.75 Å². The van der Waals surface area contributed by atoms with Crippen LogP contribution in [0.1, 0.15) is 42.2 Å². The molecule has 1 atom stereocenters. The molecule has 1 aromatic heterocycles. The number of carbonyl (C=O) groups is 1. The molecule has 1 aromatic carbocycles. The Hall–Kier alpha value is -2.90. The lowest BCUT2D eigenvalue weighted by Gasteiger charge is -2.15. The molecule has 0 radical (unpaired) electrons. The van der Waals surface area contributed by atoms with Crippen LogP contribution in [0.25, 0.3) is 0 Å². The lowest BCUT2D eigenvalue weighted by Crippen LogP contribution is -2.27. The van der Waals surface area contributed by atoms with E-state index in [1.807, 2.05) is 20.0 Å². The summed E-state index contributed by atoms with van der Waals surface area (Å²) in [7, 11) is 0. The van der Waals surface area contributed by atoms with Crippen LogP contribution in [0.3, 0.4) is 0 Å². The fraction of sp³-hybridized carbons (Fsp3) is 0.333. The van der Waals surface area contributed by atoms with Crippen LogP contribution in [0.2, 0.25) is 0 Å². The molecule has 0 unspecified atom stereocenters. The number of benzene rings is 1. The normalized spacial score (nSPS) is 11.9. The number of aromatic hydroxyl groups is 1. The van der Waals surface area contributed by atoms with Crippen molar-refractivity contribution < 1.29 is 14.8 Å². The minimum absolute atomic E-state index is 0.162. The van der Waals surface area contributed by atoms with Gasteiger partial charge in [-0.1, -0.05) is 6.92 Å². The van der Waals surface area contributed by atoms with E-state index >= 15 is 0 Å². The van der Waals surface area contributed by atoms with Crippen LogP contribution in [-0.4, -0.2) is 25.7 Å². The van der Waals surface area contributed by atoms with Crippen molar-refractivity contribution in [1.29, 1.82) is 0 Å². The van der Waals surface area contributed by atoms with Gasteiger partial charge in [-0.15, -0.1) is 0 Å². The van der Waals surface area contributed by atoms with Crippen molar-refractivity contribution in [2.75, 3.05) is 0 Å². The van der Waals surface area contributed by atoms with Crippen LogP contribution in [0.15, 0.2) is 30.6 Å². The predicted molar refractivity (Wildman–Crippen MR) is 83.2 cm³/mol. The van der Waals surface area contributed by atoms with Gasteiger partial charge in [-0.05, 0) is 25.5 Å². The van der Waals surface area contributed by atoms with E-state index in [2.05, 4.69) is 10.4 Å². The second-order valence-corrected chi connectivity index (χ2v) is 5.02. The maximum absolute atomic E-state index is 12.3. The zero-order chi connectivity index (χ0) is 17.0. The number of rotatable bonds is 6. The van der Waals surface area contributed by atoms with E-state index in [0.717, 1.165) is 24.2 Å². The summed E-state index contributed by atoms with van der Waals surface area (Å²) in [6, 6.07) is 3.30. The van der Waals surface area contributed by atoms with E-state index in [1.54, 1.807) is 10.9 Å². The summed E-state index contributed by atoms with van der Waals surface area (Å²) in [5, 5.41) is 27.3. The van der Waals surface area contributed by atoms with Gasteiger partial charge in [0, 0.05) is 29.9 Å². The number of phenols is 1. The third-order valence-corrected chi connectivity index (χ3v) is 3.53. The Labute approximate surface area is 132 Å². The highest BCUT2D eigenvalue weighted by atomic mass is 16.6. The van der Waals surface area contributed by atoms with Crippen molar-refractivity contribution in [2.24, 2.45) is 0 Å². The molecule has 2 rings (SSSR count). The Morgan fingerprint density at radius 2 is 2.22 bits per heavy atom. The molecule has 122 valence electrons. The van der Waals surface area contributed by atoms with Crippen molar-refractivity contribution in [2.45, 2.75) is 32.9 Å². The fourth-order valence-electron chi connectivity index (χ4n) is 2.21. The SMILES string of the molecule is CC[C@H](NC(=O)c1ccc([N+](=O)[O-])c(O)c1)c1cnn(CC)c1. The quantitative estimate of drug-likeness (QED) is 0.627.